The summed E-state index contributed by atoms with van der Waals surface area (Å²) < 4.78 is 37.2. The Labute approximate surface area is 174 Å². The molecular weight excluding hydrogens is 429 g/mol. The summed E-state index contributed by atoms with van der Waals surface area (Å²) in [4.78, 5) is 24.9. The molecular formula is C19H18ClF3N2O5. The lowest BCUT2D eigenvalue weighted by Crippen LogP contribution is -2.28. The maximum Gasteiger partial charge on any atom is 0.490 e. The zero-order valence-corrected chi connectivity index (χ0v) is 16.2. The number of nitrogens with one attached hydrogen (secondary N) is 1. The molecule has 0 saturated heterocycles. The number of ether oxygens (including phenoxy) is 1. The van der Waals surface area contributed by atoms with Gasteiger partial charge in [0.25, 0.3) is 0 Å². The van der Waals surface area contributed by atoms with E-state index in [-0.39, 0.29) is 0 Å². The SMILES string of the molecule is O=C(O)C(F)(F)F.O=C(O)C(NCc1cnc2c(c1)COCC2)c1cccc(Cl)c1. The second-order valence-electron chi connectivity index (χ2n) is 6.26. The number of hydrogen-bond donors (Lipinski definition) is 3. The quantitative estimate of drug-likeness (QED) is 0.646. The smallest absolute Gasteiger partial charge is 0.480 e. The van der Waals surface area contributed by atoms with Gasteiger partial charge in [-0.1, -0.05) is 23.7 Å². The fraction of sp³-hybridized carbons (Fsp3) is 0.316. The number of carbonyl (C=O) groups is 2. The number of hydrogen-bond acceptors (Lipinski definition) is 5. The van der Waals surface area contributed by atoms with Gasteiger partial charge in [-0.3, -0.25) is 15.1 Å². The highest BCUT2D eigenvalue weighted by atomic mass is 35.5. The van der Waals surface area contributed by atoms with Crippen molar-refractivity contribution >= 4 is 23.5 Å². The molecule has 1 aromatic heterocycles. The van der Waals surface area contributed by atoms with Crippen molar-refractivity contribution in [1.29, 1.82) is 0 Å². The van der Waals surface area contributed by atoms with Crippen LogP contribution in [0.25, 0.3) is 0 Å². The van der Waals surface area contributed by atoms with Gasteiger partial charge >= 0.3 is 18.1 Å². The van der Waals surface area contributed by atoms with Crippen LogP contribution < -0.4 is 5.32 Å². The van der Waals surface area contributed by atoms with Crippen molar-refractivity contribution in [3.63, 3.8) is 0 Å². The molecule has 0 aliphatic carbocycles. The number of halogens is 4. The summed E-state index contributed by atoms with van der Waals surface area (Å²) in [6, 6.07) is 8.07. The standard InChI is InChI=1S/C17H17ClN2O3.C2HF3O2/c18-14-3-1-2-12(7-14)16(17(21)22)20-9-11-6-13-10-23-5-4-15(13)19-8-11;3-2(4,5)1(6)7/h1-3,6-8,16,20H,4-5,9-10H2,(H,21,22);(H,6,7). The first-order valence-electron chi connectivity index (χ1n) is 8.64. The Bertz CT molecular complexity index is 908. The van der Waals surface area contributed by atoms with Crippen LogP contribution in [0.4, 0.5) is 13.2 Å². The number of nitrogens with zero attached hydrogens (tertiary/aromatic N) is 1. The molecule has 3 N–H and O–H groups in total. The average molecular weight is 447 g/mol. The monoisotopic (exact) mass is 446 g/mol. The molecule has 7 nitrogen and oxygen atoms in total. The molecule has 30 heavy (non-hydrogen) atoms. The summed E-state index contributed by atoms with van der Waals surface area (Å²) in [5, 5.41) is 20.1. The Morgan fingerprint density at radius 3 is 2.57 bits per heavy atom. The molecule has 0 amide bonds. The third-order valence-electron chi connectivity index (χ3n) is 4.04. The molecule has 0 spiro atoms. The maximum atomic E-state index is 11.5. The Morgan fingerprint density at radius 2 is 1.97 bits per heavy atom. The predicted molar refractivity (Wildman–Crippen MR) is 100.0 cm³/mol. The van der Waals surface area contributed by atoms with E-state index in [1.807, 2.05) is 6.07 Å². The highest BCUT2D eigenvalue weighted by Crippen LogP contribution is 2.20. The van der Waals surface area contributed by atoms with Crippen molar-refractivity contribution in [1.82, 2.24) is 10.3 Å². The molecule has 0 radical (unpaired) electrons. The molecule has 1 atom stereocenters. The molecule has 2 aromatic rings. The molecule has 11 heteroatoms. The Hall–Kier alpha value is -2.69. The fourth-order valence-corrected chi connectivity index (χ4v) is 2.84. The molecule has 3 rings (SSSR count). The van der Waals surface area contributed by atoms with Crippen LogP contribution in [0.15, 0.2) is 36.5 Å². The molecule has 2 heterocycles. The van der Waals surface area contributed by atoms with Crippen LogP contribution in [0, 0.1) is 0 Å². The number of carboxylic acid groups (broad SMARTS) is 2. The third kappa shape index (κ3) is 6.97. The topological polar surface area (TPSA) is 109 Å². The van der Waals surface area contributed by atoms with Gasteiger partial charge in [0.05, 0.1) is 13.2 Å². The minimum absolute atomic E-state index is 0.407. The number of alkyl halides is 3. The summed E-state index contributed by atoms with van der Waals surface area (Å²) in [7, 11) is 0. The predicted octanol–water partition coefficient (Wildman–Crippen LogP) is 3.36. The second kappa shape index (κ2) is 10.4. The van der Waals surface area contributed by atoms with Gasteiger partial charge < -0.3 is 14.9 Å². The maximum absolute atomic E-state index is 11.5. The van der Waals surface area contributed by atoms with Gasteiger partial charge in [0, 0.05) is 29.9 Å². The first-order valence-corrected chi connectivity index (χ1v) is 9.02. The van der Waals surface area contributed by atoms with E-state index in [9.17, 15) is 23.1 Å². The molecule has 0 fully saturated rings. The molecule has 0 bridgehead atoms. The first-order chi connectivity index (χ1) is 14.1. The van der Waals surface area contributed by atoms with E-state index < -0.39 is 24.2 Å². The number of pyridine rings is 1. The molecule has 1 aliphatic rings. The van der Waals surface area contributed by atoms with Crippen LogP contribution in [0.5, 0.6) is 0 Å². The number of fused-ring (bicyclic) bond motifs is 1. The second-order valence-corrected chi connectivity index (χ2v) is 6.70. The zero-order chi connectivity index (χ0) is 22.3. The van der Waals surface area contributed by atoms with Gasteiger partial charge in [-0.2, -0.15) is 13.2 Å². The number of rotatable bonds is 5. The van der Waals surface area contributed by atoms with E-state index in [1.54, 1.807) is 30.5 Å². The van der Waals surface area contributed by atoms with E-state index in [0.29, 0.717) is 30.3 Å². The lowest BCUT2D eigenvalue weighted by molar-refractivity contribution is -0.192. The lowest BCUT2D eigenvalue weighted by Gasteiger charge is -2.18. The van der Waals surface area contributed by atoms with Crippen LogP contribution in [0.2, 0.25) is 5.02 Å². The number of benzene rings is 1. The van der Waals surface area contributed by atoms with Gasteiger partial charge in [-0.05, 0) is 34.9 Å². The molecule has 0 saturated carbocycles. The highest BCUT2D eigenvalue weighted by Gasteiger charge is 2.38. The number of aliphatic carboxylic acids is 2. The molecule has 1 aromatic carbocycles. The minimum atomic E-state index is -5.08. The highest BCUT2D eigenvalue weighted by molar-refractivity contribution is 6.30. The number of aromatic nitrogens is 1. The minimum Gasteiger partial charge on any atom is -0.480 e. The summed E-state index contributed by atoms with van der Waals surface area (Å²) in [6.45, 7) is 1.67. The van der Waals surface area contributed by atoms with E-state index in [0.717, 1.165) is 23.2 Å². The van der Waals surface area contributed by atoms with Crippen LogP contribution in [0.3, 0.4) is 0 Å². The normalized spacial score (nSPS) is 14.1. The van der Waals surface area contributed by atoms with Crippen LogP contribution in [-0.2, 0) is 33.9 Å². The largest absolute Gasteiger partial charge is 0.490 e. The van der Waals surface area contributed by atoms with Crippen LogP contribution >= 0.6 is 11.6 Å². The molecule has 1 unspecified atom stereocenters. The van der Waals surface area contributed by atoms with Crippen molar-refractivity contribution in [2.45, 2.75) is 31.8 Å². The van der Waals surface area contributed by atoms with E-state index in [1.165, 1.54) is 0 Å². The molecule has 162 valence electrons. The van der Waals surface area contributed by atoms with E-state index >= 15 is 0 Å². The van der Waals surface area contributed by atoms with Gasteiger partial charge in [-0.25, -0.2) is 4.79 Å². The van der Waals surface area contributed by atoms with Crippen molar-refractivity contribution in [2.75, 3.05) is 6.61 Å². The van der Waals surface area contributed by atoms with Crippen LogP contribution in [-0.4, -0.2) is 39.9 Å². The summed E-state index contributed by atoms with van der Waals surface area (Å²) >= 11 is 5.95. The first kappa shape index (κ1) is 23.6. The van der Waals surface area contributed by atoms with Gasteiger partial charge in [0.2, 0.25) is 0 Å². The Balaban J connectivity index is 0.000000396. The van der Waals surface area contributed by atoms with Crippen molar-refractivity contribution in [3.8, 4) is 0 Å². The Kier molecular flexibility index (Phi) is 8.16. The van der Waals surface area contributed by atoms with Gasteiger partial charge in [-0.15, -0.1) is 0 Å². The fourth-order valence-electron chi connectivity index (χ4n) is 2.64. The average Bonchev–Trinajstić information content (AvgIpc) is 2.67. The van der Waals surface area contributed by atoms with E-state index in [2.05, 4.69) is 10.3 Å². The van der Waals surface area contributed by atoms with Gasteiger partial charge in [0.1, 0.15) is 6.04 Å². The van der Waals surface area contributed by atoms with Crippen molar-refractivity contribution in [3.05, 3.63) is 63.9 Å². The van der Waals surface area contributed by atoms with Gasteiger partial charge in [0.15, 0.2) is 0 Å². The van der Waals surface area contributed by atoms with Crippen molar-refractivity contribution in [2.24, 2.45) is 0 Å². The third-order valence-corrected chi connectivity index (χ3v) is 4.27. The summed E-state index contributed by atoms with van der Waals surface area (Å²) in [5.41, 5.74) is 3.69. The lowest BCUT2D eigenvalue weighted by atomic mass is 10.1. The zero-order valence-electron chi connectivity index (χ0n) is 15.4. The summed E-state index contributed by atoms with van der Waals surface area (Å²) in [5.74, 6) is -3.70. The van der Waals surface area contributed by atoms with Crippen molar-refractivity contribution < 1.29 is 37.7 Å². The Morgan fingerprint density at radius 1 is 1.27 bits per heavy atom. The molecule has 1 aliphatic heterocycles. The summed E-state index contributed by atoms with van der Waals surface area (Å²) in [6.07, 6.45) is -2.47. The van der Waals surface area contributed by atoms with Crippen LogP contribution in [0.1, 0.15) is 28.4 Å². The number of carboxylic acids is 2. The van der Waals surface area contributed by atoms with E-state index in [4.69, 9.17) is 26.2 Å².